The lowest BCUT2D eigenvalue weighted by Gasteiger charge is -2.40. The Morgan fingerprint density at radius 2 is 1.66 bits per heavy atom. The fourth-order valence-corrected chi connectivity index (χ4v) is 6.25. The van der Waals surface area contributed by atoms with Crippen LogP contribution < -0.4 is 5.56 Å². The Labute approximate surface area is 225 Å². The zero-order valence-corrected chi connectivity index (χ0v) is 22.6. The summed E-state index contributed by atoms with van der Waals surface area (Å²) in [6.07, 6.45) is 10.3. The first kappa shape index (κ1) is 26.7. The average Bonchev–Trinajstić information content (AvgIpc) is 2.92. The van der Waals surface area contributed by atoms with Gasteiger partial charge in [0.15, 0.2) is 0 Å². The zero-order valence-electron chi connectivity index (χ0n) is 22.6. The van der Waals surface area contributed by atoms with Crippen LogP contribution in [0, 0.1) is 11.8 Å². The number of aliphatic hydroxyl groups is 1. The molecule has 0 spiro atoms. The van der Waals surface area contributed by atoms with Gasteiger partial charge in [-0.15, -0.1) is 0 Å². The van der Waals surface area contributed by atoms with E-state index in [0.29, 0.717) is 43.0 Å². The number of piperidine rings is 2. The molecule has 1 atom stereocenters. The largest absolute Gasteiger partial charge is 0.388 e. The third-order valence-electron chi connectivity index (χ3n) is 8.89. The number of carbonyl (C=O) groups excluding carboxylic acids is 2. The van der Waals surface area contributed by atoms with E-state index in [0.717, 1.165) is 44.3 Å². The maximum absolute atomic E-state index is 13.6. The second-order valence-corrected chi connectivity index (χ2v) is 11.8. The van der Waals surface area contributed by atoms with Gasteiger partial charge in [-0.25, -0.2) is 0 Å². The molecule has 7 nitrogen and oxygen atoms in total. The molecule has 7 heteroatoms. The van der Waals surface area contributed by atoms with E-state index < -0.39 is 5.60 Å². The predicted molar refractivity (Wildman–Crippen MR) is 148 cm³/mol. The second kappa shape index (κ2) is 11.4. The van der Waals surface area contributed by atoms with Gasteiger partial charge in [0.05, 0.1) is 17.7 Å². The highest BCUT2D eigenvalue weighted by atomic mass is 16.3. The van der Waals surface area contributed by atoms with Crippen LogP contribution in [-0.4, -0.2) is 63.1 Å². The Balaban J connectivity index is 1.33. The number of pyridine rings is 1. The number of likely N-dealkylation sites (tertiary alicyclic amines) is 2. The minimum atomic E-state index is -1.10. The van der Waals surface area contributed by atoms with Crippen LogP contribution in [0.1, 0.15) is 75.1 Å². The fraction of sp³-hybridized carbons (Fsp3) is 0.581. The molecule has 0 radical (unpaired) electrons. The Morgan fingerprint density at radius 3 is 2.29 bits per heavy atom. The molecule has 1 aromatic heterocycles. The van der Waals surface area contributed by atoms with E-state index in [4.69, 9.17) is 0 Å². The minimum absolute atomic E-state index is 0.0167. The number of carbonyl (C=O) groups is 2. The van der Waals surface area contributed by atoms with Crippen LogP contribution >= 0.6 is 0 Å². The lowest BCUT2D eigenvalue weighted by molar-refractivity contribution is -0.140. The quantitative estimate of drug-likeness (QED) is 0.591. The van der Waals surface area contributed by atoms with Crippen LogP contribution in [0.2, 0.25) is 0 Å². The predicted octanol–water partition coefficient (Wildman–Crippen LogP) is 4.32. The average molecular weight is 520 g/mol. The van der Waals surface area contributed by atoms with Gasteiger partial charge in [-0.3, -0.25) is 14.4 Å². The lowest BCUT2D eigenvalue weighted by atomic mass is 9.79. The van der Waals surface area contributed by atoms with Crippen LogP contribution in [0.3, 0.4) is 0 Å². The van der Waals surface area contributed by atoms with E-state index in [2.05, 4.69) is 0 Å². The van der Waals surface area contributed by atoms with Crippen molar-refractivity contribution in [2.45, 2.75) is 76.9 Å². The molecule has 5 rings (SSSR count). The summed E-state index contributed by atoms with van der Waals surface area (Å²) in [6.45, 7) is 4.55. The molecule has 3 aliphatic rings. The van der Waals surface area contributed by atoms with Crippen molar-refractivity contribution in [2.75, 3.05) is 26.2 Å². The molecule has 2 amide bonds. The van der Waals surface area contributed by atoms with Gasteiger partial charge >= 0.3 is 0 Å². The topological polar surface area (TPSA) is 82.8 Å². The molecule has 0 unspecified atom stereocenters. The number of nitrogens with zero attached hydrogens (tertiary/aromatic N) is 3. The Bertz CT molecular complexity index is 1190. The summed E-state index contributed by atoms with van der Waals surface area (Å²) in [5, 5.41) is 11.5. The molecule has 2 aliphatic heterocycles. The number of rotatable bonds is 7. The molecular formula is C31H41N3O4. The molecule has 38 heavy (non-hydrogen) atoms. The third kappa shape index (κ3) is 5.88. The summed E-state index contributed by atoms with van der Waals surface area (Å²) in [5.41, 5.74) is 0.630. The maximum atomic E-state index is 13.6. The first-order valence-electron chi connectivity index (χ1n) is 14.4. The number of benzene rings is 1. The molecule has 2 saturated heterocycles. The molecule has 1 aromatic carbocycles. The highest BCUT2D eigenvalue weighted by molar-refractivity contribution is 6.00. The first-order valence-corrected chi connectivity index (χ1v) is 14.4. The summed E-state index contributed by atoms with van der Waals surface area (Å²) in [6, 6.07) is 11.1. The summed E-state index contributed by atoms with van der Waals surface area (Å²) in [7, 11) is 0. The van der Waals surface area contributed by atoms with Gasteiger partial charge in [-0.2, -0.15) is 0 Å². The summed E-state index contributed by atoms with van der Waals surface area (Å²) >= 11 is 0. The molecule has 1 N–H and O–H groups in total. The fourth-order valence-electron chi connectivity index (χ4n) is 6.25. The van der Waals surface area contributed by atoms with Crippen molar-refractivity contribution in [1.29, 1.82) is 0 Å². The highest BCUT2D eigenvalue weighted by Gasteiger charge is 2.36. The van der Waals surface area contributed by atoms with Gasteiger partial charge in [-0.05, 0) is 50.0 Å². The Morgan fingerprint density at radius 1 is 0.974 bits per heavy atom. The molecule has 2 aromatic rings. The van der Waals surface area contributed by atoms with E-state index in [-0.39, 0.29) is 29.8 Å². The Hall–Kier alpha value is -2.93. The monoisotopic (exact) mass is 519 g/mol. The molecule has 3 heterocycles. The zero-order chi connectivity index (χ0) is 26.7. The van der Waals surface area contributed by atoms with Crippen LogP contribution in [0.5, 0.6) is 0 Å². The highest BCUT2D eigenvalue weighted by Crippen LogP contribution is 2.33. The van der Waals surface area contributed by atoms with Crippen LogP contribution in [0.25, 0.3) is 11.1 Å². The van der Waals surface area contributed by atoms with Crippen molar-refractivity contribution in [3.8, 4) is 11.1 Å². The number of hydrogen-bond acceptors (Lipinski definition) is 4. The normalized spacial score (nSPS) is 20.6. The second-order valence-electron chi connectivity index (χ2n) is 11.8. The smallest absolute Gasteiger partial charge is 0.255 e. The molecule has 0 bridgehead atoms. The minimum Gasteiger partial charge on any atom is -0.388 e. The van der Waals surface area contributed by atoms with Gasteiger partial charge in [0, 0.05) is 49.9 Å². The summed E-state index contributed by atoms with van der Waals surface area (Å²) < 4.78 is 1.50. The third-order valence-corrected chi connectivity index (χ3v) is 8.89. The van der Waals surface area contributed by atoms with E-state index >= 15 is 0 Å². The number of hydrogen-bond donors (Lipinski definition) is 1. The van der Waals surface area contributed by atoms with Gasteiger partial charge < -0.3 is 19.5 Å². The van der Waals surface area contributed by atoms with Crippen molar-refractivity contribution in [3.05, 3.63) is 58.5 Å². The van der Waals surface area contributed by atoms with Crippen LogP contribution in [-0.2, 0) is 11.3 Å². The molecule has 204 valence electrons. The van der Waals surface area contributed by atoms with E-state index in [9.17, 15) is 19.5 Å². The van der Waals surface area contributed by atoms with Crippen molar-refractivity contribution in [2.24, 2.45) is 11.8 Å². The van der Waals surface area contributed by atoms with Gasteiger partial charge in [0.1, 0.15) is 0 Å². The summed E-state index contributed by atoms with van der Waals surface area (Å²) in [5.74, 6) is 0.814. The van der Waals surface area contributed by atoms with E-state index in [1.165, 1.54) is 29.9 Å². The van der Waals surface area contributed by atoms with Gasteiger partial charge in [0.25, 0.3) is 11.5 Å². The standard InChI is InChI=1S/C31H41N3O4/c1-23(19-24-9-8-10-24)29(36)33-17-13-31(38,14-18-33)22-34-21-27(30(37)32-15-6-3-7-16-32)26(20-28(34)35)25-11-4-2-5-12-25/h2,4-5,11-12,20-21,23-24,38H,3,6-10,13-19,22H2,1H3/t23-/m1/s1. The molecular weight excluding hydrogens is 478 g/mol. The van der Waals surface area contributed by atoms with Crippen molar-refractivity contribution in [3.63, 3.8) is 0 Å². The maximum Gasteiger partial charge on any atom is 0.255 e. The number of aromatic nitrogens is 1. The van der Waals surface area contributed by atoms with E-state index in [1.807, 2.05) is 47.1 Å². The Kier molecular flexibility index (Phi) is 8.03. The van der Waals surface area contributed by atoms with Crippen molar-refractivity contribution in [1.82, 2.24) is 14.4 Å². The molecule has 1 aliphatic carbocycles. The lowest BCUT2D eigenvalue weighted by Crippen LogP contribution is -2.50. The number of amides is 2. The van der Waals surface area contributed by atoms with E-state index in [1.54, 1.807) is 6.20 Å². The first-order chi connectivity index (χ1) is 18.3. The van der Waals surface area contributed by atoms with Crippen LogP contribution in [0.4, 0.5) is 0 Å². The van der Waals surface area contributed by atoms with Crippen molar-refractivity contribution < 1.29 is 14.7 Å². The molecule has 1 saturated carbocycles. The molecule has 3 fully saturated rings. The van der Waals surface area contributed by atoms with Crippen LogP contribution in [0.15, 0.2) is 47.4 Å². The SMILES string of the molecule is C[C@H](CC1CCC1)C(=O)N1CCC(O)(Cn2cc(C(=O)N3CCCCC3)c(-c3ccccc3)cc2=O)CC1. The van der Waals surface area contributed by atoms with Gasteiger partial charge in [-0.1, -0.05) is 56.5 Å². The summed E-state index contributed by atoms with van der Waals surface area (Å²) in [4.78, 5) is 43.6. The van der Waals surface area contributed by atoms with Crippen molar-refractivity contribution >= 4 is 11.8 Å². The van der Waals surface area contributed by atoms with Gasteiger partial charge in [0.2, 0.25) is 5.91 Å².